The monoisotopic (exact) mass is 353 g/mol. The molecule has 2 aliphatic rings. The molecule has 0 aliphatic carbocycles. The fraction of sp³-hybridized carbons (Fsp3) is 0.500. The van der Waals surface area contributed by atoms with Gasteiger partial charge in [-0.3, -0.25) is 0 Å². The van der Waals surface area contributed by atoms with Crippen LogP contribution in [-0.4, -0.2) is 56.3 Å². The molecule has 0 amide bonds. The molecule has 6 nitrogen and oxygen atoms in total. The van der Waals surface area contributed by atoms with Gasteiger partial charge in [-0.2, -0.15) is 4.98 Å². The molecule has 0 atom stereocenters. The minimum Gasteiger partial charge on any atom is -0.495 e. The smallest absolute Gasteiger partial charge is 0.227 e. The van der Waals surface area contributed by atoms with Crippen LogP contribution < -0.4 is 19.4 Å². The van der Waals surface area contributed by atoms with E-state index >= 15 is 0 Å². The Labute approximate surface area is 155 Å². The molecule has 1 aromatic carbocycles. The van der Waals surface area contributed by atoms with E-state index in [1.807, 2.05) is 12.1 Å². The van der Waals surface area contributed by atoms with Crippen molar-refractivity contribution in [2.24, 2.45) is 0 Å². The largest absolute Gasteiger partial charge is 0.495 e. The van der Waals surface area contributed by atoms with Crippen LogP contribution in [0.2, 0.25) is 0 Å². The molecule has 3 heterocycles. The zero-order valence-corrected chi connectivity index (χ0v) is 15.7. The zero-order chi connectivity index (χ0) is 17.9. The second-order valence-corrected chi connectivity index (χ2v) is 7.01. The van der Waals surface area contributed by atoms with Crippen LogP contribution in [0.25, 0.3) is 0 Å². The molecule has 0 bridgehead atoms. The standard InChI is InChI=1S/C20H27N5O/c1-16-15-19(22-20(21-16)25-9-5-6-10-25)24-13-11-23(12-14-24)17-7-3-4-8-18(17)26-2/h3-4,7-8,15H,5-6,9-14H2,1-2H3. The molecular formula is C20H27N5O. The van der Waals surface area contributed by atoms with Gasteiger partial charge in [-0.15, -0.1) is 0 Å². The number of anilines is 3. The summed E-state index contributed by atoms with van der Waals surface area (Å²) < 4.78 is 5.52. The van der Waals surface area contributed by atoms with E-state index in [2.05, 4.69) is 44.8 Å². The average molecular weight is 353 g/mol. The number of hydrogen-bond donors (Lipinski definition) is 0. The van der Waals surface area contributed by atoms with Gasteiger partial charge in [0.2, 0.25) is 5.95 Å². The van der Waals surface area contributed by atoms with Gasteiger partial charge < -0.3 is 19.4 Å². The number of hydrogen-bond acceptors (Lipinski definition) is 6. The highest BCUT2D eigenvalue weighted by atomic mass is 16.5. The molecule has 2 aliphatic heterocycles. The Kier molecular flexibility index (Phi) is 4.82. The van der Waals surface area contributed by atoms with Crippen molar-refractivity contribution in [2.75, 3.05) is 61.1 Å². The van der Waals surface area contributed by atoms with Gasteiger partial charge in [-0.1, -0.05) is 12.1 Å². The minimum atomic E-state index is 0.893. The maximum atomic E-state index is 5.52. The van der Waals surface area contributed by atoms with Gasteiger partial charge >= 0.3 is 0 Å². The van der Waals surface area contributed by atoms with Crippen molar-refractivity contribution < 1.29 is 4.74 Å². The predicted molar refractivity (Wildman–Crippen MR) is 106 cm³/mol. The molecule has 138 valence electrons. The van der Waals surface area contributed by atoms with E-state index in [1.165, 1.54) is 18.5 Å². The van der Waals surface area contributed by atoms with Crippen LogP contribution in [0.1, 0.15) is 18.5 Å². The van der Waals surface area contributed by atoms with Crippen LogP contribution in [-0.2, 0) is 0 Å². The lowest BCUT2D eigenvalue weighted by Gasteiger charge is -2.37. The SMILES string of the molecule is COc1ccccc1N1CCN(c2cc(C)nc(N3CCCC3)n2)CC1. The van der Waals surface area contributed by atoms with Crippen molar-refractivity contribution in [3.63, 3.8) is 0 Å². The highest BCUT2D eigenvalue weighted by molar-refractivity contribution is 5.59. The number of benzene rings is 1. The number of ether oxygens (including phenoxy) is 1. The van der Waals surface area contributed by atoms with Gasteiger partial charge in [-0.05, 0) is 31.9 Å². The van der Waals surface area contributed by atoms with Crippen LogP contribution >= 0.6 is 0 Å². The molecule has 0 spiro atoms. The first kappa shape index (κ1) is 16.9. The Hall–Kier alpha value is -2.50. The van der Waals surface area contributed by atoms with E-state index in [0.717, 1.165) is 62.5 Å². The summed E-state index contributed by atoms with van der Waals surface area (Å²) in [5, 5.41) is 0. The molecule has 0 radical (unpaired) electrons. The molecule has 0 saturated carbocycles. The number of methoxy groups -OCH3 is 1. The summed E-state index contributed by atoms with van der Waals surface area (Å²) >= 11 is 0. The Morgan fingerprint density at radius 3 is 2.27 bits per heavy atom. The van der Waals surface area contributed by atoms with Crippen LogP contribution in [0.4, 0.5) is 17.5 Å². The van der Waals surface area contributed by atoms with Crippen LogP contribution in [0.3, 0.4) is 0 Å². The van der Waals surface area contributed by atoms with Gasteiger partial charge in [0.05, 0.1) is 12.8 Å². The highest BCUT2D eigenvalue weighted by Gasteiger charge is 2.22. The summed E-state index contributed by atoms with van der Waals surface area (Å²) in [6, 6.07) is 10.4. The molecule has 26 heavy (non-hydrogen) atoms. The lowest BCUT2D eigenvalue weighted by Crippen LogP contribution is -2.47. The van der Waals surface area contributed by atoms with E-state index in [9.17, 15) is 0 Å². The van der Waals surface area contributed by atoms with Crippen molar-refractivity contribution in [1.29, 1.82) is 0 Å². The summed E-state index contributed by atoms with van der Waals surface area (Å²) in [5.41, 5.74) is 2.22. The number of aryl methyl sites for hydroxylation is 1. The minimum absolute atomic E-state index is 0.893. The van der Waals surface area contributed by atoms with Gasteiger partial charge in [0.1, 0.15) is 11.6 Å². The fourth-order valence-electron chi connectivity index (χ4n) is 3.82. The Balaban J connectivity index is 1.48. The summed E-state index contributed by atoms with van der Waals surface area (Å²) in [6.07, 6.45) is 2.48. The molecule has 0 N–H and O–H groups in total. The lowest BCUT2D eigenvalue weighted by atomic mass is 10.2. The normalized spacial score (nSPS) is 17.7. The Morgan fingerprint density at radius 1 is 0.846 bits per heavy atom. The number of nitrogens with zero attached hydrogens (tertiary/aromatic N) is 5. The maximum absolute atomic E-state index is 5.52. The van der Waals surface area contributed by atoms with E-state index in [4.69, 9.17) is 9.72 Å². The topological polar surface area (TPSA) is 44.7 Å². The molecule has 2 aromatic rings. The summed E-state index contributed by atoms with van der Waals surface area (Å²) in [6.45, 7) is 8.04. The Morgan fingerprint density at radius 2 is 1.54 bits per heavy atom. The van der Waals surface area contributed by atoms with E-state index in [-0.39, 0.29) is 0 Å². The second kappa shape index (κ2) is 7.40. The van der Waals surface area contributed by atoms with Crippen LogP contribution in [0.5, 0.6) is 5.75 Å². The number of piperazine rings is 1. The van der Waals surface area contributed by atoms with E-state index < -0.39 is 0 Å². The third-order valence-electron chi connectivity index (χ3n) is 5.25. The Bertz CT molecular complexity index is 752. The first-order chi connectivity index (χ1) is 12.7. The van der Waals surface area contributed by atoms with Crippen molar-refractivity contribution >= 4 is 17.5 Å². The molecule has 0 unspecified atom stereocenters. The third-order valence-corrected chi connectivity index (χ3v) is 5.25. The van der Waals surface area contributed by atoms with Crippen molar-refractivity contribution in [3.05, 3.63) is 36.0 Å². The fourth-order valence-corrected chi connectivity index (χ4v) is 3.82. The van der Waals surface area contributed by atoms with Crippen molar-refractivity contribution in [1.82, 2.24) is 9.97 Å². The lowest BCUT2D eigenvalue weighted by molar-refractivity contribution is 0.413. The molecular weight excluding hydrogens is 326 g/mol. The van der Waals surface area contributed by atoms with Crippen LogP contribution in [0, 0.1) is 6.92 Å². The molecule has 2 saturated heterocycles. The highest BCUT2D eigenvalue weighted by Crippen LogP contribution is 2.29. The molecule has 6 heteroatoms. The zero-order valence-electron chi connectivity index (χ0n) is 15.7. The van der Waals surface area contributed by atoms with E-state index in [1.54, 1.807) is 7.11 Å². The summed E-state index contributed by atoms with van der Waals surface area (Å²) in [4.78, 5) is 16.6. The average Bonchev–Trinajstić information content (AvgIpc) is 3.22. The number of aromatic nitrogens is 2. The van der Waals surface area contributed by atoms with E-state index in [0.29, 0.717) is 0 Å². The summed E-state index contributed by atoms with van der Waals surface area (Å²) in [7, 11) is 1.73. The van der Waals surface area contributed by atoms with Gasteiger partial charge in [0, 0.05) is 51.0 Å². The maximum Gasteiger partial charge on any atom is 0.227 e. The van der Waals surface area contributed by atoms with Gasteiger partial charge in [0.25, 0.3) is 0 Å². The molecule has 4 rings (SSSR count). The first-order valence-corrected chi connectivity index (χ1v) is 9.48. The van der Waals surface area contributed by atoms with Crippen molar-refractivity contribution in [2.45, 2.75) is 19.8 Å². The third kappa shape index (κ3) is 3.41. The van der Waals surface area contributed by atoms with Crippen molar-refractivity contribution in [3.8, 4) is 5.75 Å². The van der Waals surface area contributed by atoms with Gasteiger partial charge in [-0.25, -0.2) is 4.98 Å². The summed E-state index contributed by atoms with van der Waals surface area (Å²) in [5.74, 6) is 2.89. The molecule has 2 fully saturated rings. The van der Waals surface area contributed by atoms with Gasteiger partial charge in [0.15, 0.2) is 0 Å². The predicted octanol–water partition coefficient (Wildman–Crippen LogP) is 2.72. The molecule has 1 aromatic heterocycles. The first-order valence-electron chi connectivity index (χ1n) is 9.48. The second-order valence-electron chi connectivity index (χ2n) is 7.01. The number of para-hydroxylation sites is 2. The van der Waals surface area contributed by atoms with Crippen LogP contribution in [0.15, 0.2) is 30.3 Å². The quantitative estimate of drug-likeness (QED) is 0.842. The number of rotatable bonds is 4.